The van der Waals surface area contributed by atoms with Crippen molar-refractivity contribution in [1.29, 1.82) is 0 Å². The molecule has 7 heteroatoms. The number of rotatable bonds is 6. The number of carboxylic acid groups (broad SMARTS) is 1. The molecule has 1 aromatic carbocycles. The lowest BCUT2D eigenvalue weighted by molar-refractivity contribution is -0.149. The number of fused-ring (bicyclic) bond motifs is 1. The van der Waals surface area contributed by atoms with E-state index in [2.05, 4.69) is 4.90 Å². The third-order valence-electron chi connectivity index (χ3n) is 5.20. The van der Waals surface area contributed by atoms with Gasteiger partial charge in [-0.05, 0) is 12.1 Å². The number of ether oxygens (including phenoxy) is 1. The zero-order valence-corrected chi connectivity index (χ0v) is 14.4. The van der Waals surface area contributed by atoms with E-state index in [1.165, 1.54) is 6.07 Å². The molecule has 0 aromatic heterocycles. The second kappa shape index (κ2) is 6.96. The molecular weight excluding hydrogens is 335 g/mol. The largest absolute Gasteiger partial charge is 0.481 e. The van der Waals surface area contributed by atoms with E-state index in [1.807, 2.05) is 4.90 Å². The highest BCUT2D eigenvalue weighted by molar-refractivity contribution is 6.30. The standard InChI is InChI=1S/C17H22ClFN2O3/c1-24-5-4-20-8-13-9-21(11-17(13,10-20)16(22)23)7-12-2-3-14(18)6-15(12)19/h2-3,6,13H,4-5,7-11H2,1H3,(H,22,23)/t13-,17-/m1/s1. The zero-order valence-electron chi connectivity index (χ0n) is 13.7. The first-order valence-corrected chi connectivity index (χ1v) is 8.43. The predicted molar refractivity (Wildman–Crippen MR) is 88.6 cm³/mol. The number of likely N-dealkylation sites (tertiary alicyclic amines) is 2. The van der Waals surface area contributed by atoms with Gasteiger partial charge in [0, 0.05) is 62.9 Å². The molecular formula is C17H22ClFN2O3. The summed E-state index contributed by atoms with van der Waals surface area (Å²) >= 11 is 5.79. The smallest absolute Gasteiger partial charge is 0.312 e. The molecule has 2 atom stereocenters. The Morgan fingerprint density at radius 3 is 2.75 bits per heavy atom. The highest BCUT2D eigenvalue weighted by Gasteiger charge is 2.57. The zero-order chi connectivity index (χ0) is 17.3. The number of aliphatic carboxylic acids is 1. The molecule has 0 spiro atoms. The van der Waals surface area contributed by atoms with Crippen molar-refractivity contribution in [3.05, 3.63) is 34.6 Å². The molecule has 0 radical (unpaired) electrons. The molecule has 2 aliphatic rings. The van der Waals surface area contributed by atoms with Gasteiger partial charge >= 0.3 is 5.97 Å². The van der Waals surface area contributed by atoms with Crippen molar-refractivity contribution in [3.63, 3.8) is 0 Å². The van der Waals surface area contributed by atoms with Crippen molar-refractivity contribution in [2.45, 2.75) is 6.54 Å². The van der Waals surface area contributed by atoms with Crippen LogP contribution in [0.4, 0.5) is 4.39 Å². The minimum atomic E-state index is -0.767. The molecule has 0 aliphatic carbocycles. The van der Waals surface area contributed by atoms with Crippen LogP contribution < -0.4 is 0 Å². The average molecular weight is 357 g/mol. The first-order chi connectivity index (χ1) is 11.4. The molecule has 1 aromatic rings. The molecule has 2 aliphatic heterocycles. The lowest BCUT2D eigenvalue weighted by Crippen LogP contribution is -2.41. The van der Waals surface area contributed by atoms with E-state index in [-0.39, 0.29) is 11.7 Å². The Kier molecular flexibility index (Phi) is 5.11. The number of hydrogen-bond acceptors (Lipinski definition) is 4. The number of hydrogen-bond donors (Lipinski definition) is 1. The molecule has 0 unspecified atom stereocenters. The van der Waals surface area contributed by atoms with Gasteiger partial charge in [-0.15, -0.1) is 0 Å². The van der Waals surface area contributed by atoms with Crippen LogP contribution in [-0.4, -0.2) is 67.3 Å². The van der Waals surface area contributed by atoms with Gasteiger partial charge < -0.3 is 9.84 Å². The quantitative estimate of drug-likeness (QED) is 0.844. The Morgan fingerprint density at radius 2 is 2.12 bits per heavy atom. The monoisotopic (exact) mass is 356 g/mol. The van der Waals surface area contributed by atoms with Crippen molar-refractivity contribution in [3.8, 4) is 0 Å². The molecule has 2 saturated heterocycles. The molecule has 2 heterocycles. The highest BCUT2D eigenvalue weighted by atomic mass is 35.5. The summed E-state index contributed by atoms with van der Waals surface area (Å²) in [6.07, 6.45) is 0. The number of benzene rings is 1. The van der Waals surface area contributed by atoms with Crippen molar-refractivity contribution in [1.82, 2.24) is 9.80 Å². The van der Waals surface area contributed by atoms with Crippen LogP contribution >= 0.6 is 11.6 Å². The van der Waals surface area contributed by atoms with E-state index >= 15 is 0 Å². The van der Waals surface area contributed by atoms with E-state index in [0.717, 1.165) is 13.1 Å². The van der Waals surface area contributed by atoms with Crippen molar-refractivity contribution < 1.29 is 19.0 Å². The van der Waals surface area contributed by atoms with E-state index in [1.54, 1.807) is 19.2 Å². The minimum absolute atomic E-state index is 0.0576. The maximum absolute atomic E-state index is 14.0. The van der Waals surface area contributed by atoms with E-state index < -0.39 is 11.4 Å². The van der Waals surface area contributed by atoms with Gasteiger partial charge in [-0.25, -0.2) is 4.39 Å². The SMILES string of the molecule is COCCN1C[C@@H]2CN(Cc3ccc(Cl)cc3F)C[C@]2(C(=O)O)C1. The van der Waals surface area contributed by atoms with Gasteiger partial charge in [-0.2, -0.15) is 0 Å². The van der Waals surface area contributed by atoms with Crippen molar-refractivity contribution in [2.75, 3.05) is 46.4 Å². The lowest BCUT2D eigenvalue weighted by Gasteiger charge is -2.25. The second-order valence-electron chi connectivity index (χ2n) is 6.79. The van der Waals surface area contributed by atoms with Gasteiger partial charge in [-0.1, -0.05) is 17.7 Å². The van der Waals surface area contributed by atoms with E-state index in [9.17, 15) is 14.3 Å². The molecule has 24 heavy (non-hydrogen) atoms. The first kappa shape index (κ1) is 17.6. The average Bonchev–Trinajstić information content (AvgIpc) is 3.02. The summed E-state index contributed by atoms with van der Waals surface area (Å²) in [7, 11) is 1.65. The number of methoxy groups -OCH3 is 1. The van der Waals surface area contributed by atoms with Gasteiger partial charge in [0.1, 0.15) is 5.82 Å². The van der Waals surface area contributed by atoms with Crippen LogP contribution in [0.3, 0.4) is 0 Å². The molecule has 1 N–H and O–H groups in total. The normalized spacial score (nSPS) is 27.5. The third-order valence-corrected chi connectivity index (χ3v) is 5.43. The summed E-state index contributed by atoms with van der Waals surface area (Å²) in [5.41, 5.74) is -0.215. The summed E-state index contributed by atoms with van der Waals surface area (Å²) in [5, 5.41) is 10.2. The number of carbonyl (C=O) groups is 1. The lowest BCUT2D eigenvalue weighted by atomic mass is 9.81. The fourth-order valence-corrected chi connectivity index (χ4v) is 4.14. The molecule has 3 rings (SSSR count). The summed E-state index contributed by atoms with van der Waals surface area (Å²) in [5.74, 6) is -1.04. The molecule has 0 saturated carbocycles. The number of nitrogens with zero attached hydrogens (tertiary/aromatic N) is 2. The molecule has 132 valence electrons. The van der Waals surface area contributed by atoms with Gasteiger partial charge in [0.2, 0.25) is 0 Å². The summed E-state index contributed by atoms with van der Waals surface area (Å²) in [6, 6.07) is 4.63. The first-order valence-electron chi connectivity index (χ1n) is 8.05. The Balaban J connectivity index is 1.70. The number of carboxylic acids is 1. The molecule has 0 bridgehead atoms. The fraction of sp³-hybridized carbons (Fsp3) is 0.588. The molecule has 2 fully saturated rings. The second-order valence-corrected chi connectivity index (χ2v) is 7.23. The Bertz CT molecular complexity index is 630. The van der Waals surface area contributed by atoms with Gasteiger partial charge in [-0.3, -0.25) is 14.6 Å². The van der Waals surface area contributed by atoms with Crippen LogP contribution in [0.5, 0.6) is 0 Å². The Hall–Kier alpha value is -1.21. The van der Waals surface area contributed by atoms with Gasteiger partial charge in [0.25, 0.3) is 0 Å². The van der Waals surface area contributed by atoms with Crippen LogP contribution in [0.15, 0.2) is 18.2 Å². The van der Waals surface area contributed by atoms with Crippen LogP contribution in [0.25, 0.3) is 0 Å². The van der Waals surface area contributed by atoms with Crippen LogP contribution in [0, 0.1) is 17.2 Å². The van der Waals surface area contributed by atoms with Crippen LogP contribution in [0.1, 0.15) is 5.56 Å². The van der Waals surface area contributed by atoms with Crippen molar-refractivity contribution in [2.24, 2.45) is 11.3 Å². The maximum Gasteiger partial charge on any atom is 0.312 e. The van der Waals surface area contributed by atoms with E-state index in [4.69, 9.17) is 16.3 Å². The molecule has 5 nitrogen and oxygen atoms in total. The minimum Gasteiger partial charge on any atom is -0.481 e. The highest BCUT2D eigenvalue weighted by Crippen LogP contribution is 2.43. The topological polar surface area (TPSA) is 53.0 Å². The third kappa shape index (κ3) is 3.28. The number of halogens is 2. The predicted octanol–water partition coefficient (Wildman–Crippen LogP) is 1.94. The maximum atomic E-state index is 14.0. The Labute approximate surface area is 145 Å². The summed E-state index contributed by atoms with van der Waals surface area (Å²) < 4.78 is 19.1. The van der Waals surface area contributed by atoms with Gasteiger partial charge in [0.15, 0.2) is 0 Å². The summed E-state index contributed by atoms with van der Waals surface area (Å²) in [6.45, 7) is 4.13. The van der Waals surface area contributed by atoms with Crippen LogP contribution in [-0.2, 0) is 16.1 Å². The van der Waals surface area contributed by atoms with Crippen molar-refractivity contribution >= 4 is 17.6 Å². The Morgan fingerprint density at radius 1 is 1.42 bits per heavy atom. The summed E-state index contributed by atoms with van der Waals surface area (Å²) in [4.78, 5) is 16.2. The molecule has 0 amide bonds. The van der Waals surface area contributed by atoms with Crippen LogP contribution in [0.2, 0.25) is 5.02 Å². The fourth-order valence-electron chi connectivity index (χ4n) is 3.98. The van der Waals surface area contributed by atoms with E-state index in [0.29, 0.717) is 43.4 Å². The van der Waals surface area contributed by atoms with Gasteiger partial charge in [0.05, 0.1) is 12.0 Å².